The number of hydrogen-bond donors (Lipinski definition) is 1. The smallest absolute Gasteiger partial charge is 0.184 e. The lowest BCUT2D eigenvalue weighted by Crippen LogP contribution is -2.02. The molecule has 0 aliphatic heterocycles. The van der Waals surface area contributed by atoms with Crippen LogP contribution in [0, 0.1) is 11.3 Å². The molecule has 0 spiro atoms. The molecule has 0 atom stereocenters. The molecule has 7 nitrogen and oxygen atoms in total. The first-order valence-corrected chi connectivity index (χ1v) is 6.50. The van der Waals surface area contributed by atoms with Crippen LogP contribution in [0.1, 0.15) is 30.0 Å². The summed E-state index contributed by atoms with van der Waals surface area (Å²) in [5.74, 6) is 0.836. The summed E-state index contributed by atoms with van der Waals surface area (Å²) in [5.41, 5.74) is 2.36. The van der Waals surface area contributed by atoms with Crippen LogP contribution in [0.3, 0.4) is 0 Å². The van der Waals surface area contributed by atoms with Gasteiger partial charge in [-0.25, -0.2) is 15.0 Å². The molecule has 1 saturated carbocycles. The highest BCUT2D eigenvalue weighted by Crippen LogP contribution is 2.42. The molecule has 98 valence electrons. The largest absolute Gasteiger partial charge is 0.340 e. The zero-order chi connectivity index (χ0) is 13.7. The third-order valence-corrected chi connectivity index (χ3v) is 3.68. The van der Waals surface area contributed by atoms with Crippen LogP contribution < -0.4 is 0 Å². The van der Waals surface area contributed by atoms with Gasteiger partial charge in [0.15, 0.2) is 16.6 Å². The molecule has 0 saturated heterocycles. The first-order valence-electron chi connectivity index (χ1n) is 6.12. The molecule has 3 aromatic rings. The lowest BCUT2D eigenvalue weighted by molar-refractivity contribution is 0.815. The van der Waals surface area contributed by atoms with E-state index >= 15 is 0 Å². The Morgan fingerprint density at radius 1 is 1.35 bits per heavy atom. The Labute approximate surface area is 118 Å². The fourth-order valence-electron chi connectivity index (χ4n) is 2.21. The van der Waals surface area contributed by atoms with E-state index in [9.17, 15) is 5.26 Å². The molecule has 0 aromatic carbocycles. The molecular weight excluding hydrogens is 278 g/mol. The van der Waals surface area contributed by atoms with E-state index in [2.05, 4.69) is 31.1 Å². The second kappa shape index (κ2) is 4.02. The van der Waals surface area contributed by atoms with Crippen LogP contribution in [0.2, 0.25) is 5.15 Å². The number of fused-ring (bicyclic) bond motifs is 1. The third-order valence-electron chi connectivity index (χ3n) is 3.34. The van der Waals surface area contributed by atoms with Crippen molar-refractivity contribution in [1.82, 2.24) is 29.7 Å². The Kier molecular flexibility index (Phi) is 2.28. The molecule has 4 rings (SSSR count). The second-order valence-electron chi connectivity index (χ2n) is 4.65. The van der Waals surface area contributed by atoms with E-state index in [0.29, 0.717) is 28.5 Å². The van der Waals surface area contributed by atoms with Crippen LogP contribution in [-0.2, 0) is 0 Å². The number of halogens is 1. The predicted octanol–water partition coefficient (Wildman–Crippen LogP) is 1.94. The van der Waals surface area contributed by atoms with Crippen LogP contribution >= 0.6 is 11.6 Å². The van der Waals surface area contributed by atoms with Gasteiger partial charge in [0.05, 0.1) is 12.0 Å². The average Bonchev–Trinajstić information content (AvgIpc) is 3.09. The van der Waals surface area contributed by atoms with Gasteiger partial charge in [-0.05, 0) is 12.8 Å². The molecule has 1 N–H and O–H groups in total. The van der Waals surface area contributed by atoms with Crippen molar-refractivity contribution in [1.29, 1.82) is 5.26 Å². The second-order valence-corrected chi connectivity index (χ2v) is 5.01. The number of nitrogens with zero attached hydrogens (tertiary/aromatic N) is 6. The van der Waals surface area contributed by atoms with Crippen molar-refractivity contribution in [3.8, 4) is 11.9 Å². The highest BCUT2D eigenvalue weighted by atomic mass is 35.5. The van der Waals surface area contributed by atoms with Crippen molar-refractivity contribution in [2.24, 2.45) is 0 Å². The van der Waals surface area contributed by atoms with Crippen LogP contribution in [-0.4, -0.2) is 29.7 Å². The van der Waals surface area contributed by atoms with Gasteiger partial charge in [0.1, 0.15) is 23.5 Å². The Morgan fingerprint density at radius 3 is 2.95 bits per heavy atom. The predicted molar refractivity (Wildman–Crippen MR) is 70.5 cm³/mol. The van der Waals surface area contributed by atoms with Gasteiger partial charge >= 0.3 is 0 Å². The molecular formula is C12H8ClN7. The van der Waals surface area contributed by atoms with E-state index in [4.69, 9.17) is 11.6 Å². The fraction of sp³-hybridized carbons (Fsp3) is 0.250. The van der Waals surface area contributed by atoms with Gasteiger partial charge in [0, 0.05) is 5.92 Å². The number of nitriles is 1. The lowest BCUT2D eigenvalue weighted by atomic mass is 10.2. The Hall–Kier alpha value is -2.46. The van der Waals surface area contributed by atoms with Gasteiger partial charge in [-0.2, -0.15) is 15.0 Å². The van der Waals surface area contributed by atoms with Crippen molar-refractivity contribution in [2.45, 2.75) is 18.8 Å². The van der Waals surface area contributed by atoms with Gasteiger partial charge in [0.2, 0.25) is 0 Å². The van der Waals surface area contributed by atoms with Crippen LogP contribution in [0.15, 0.2) is 12.7 Å². The van der Waals surface area contributed by atoms with Gasteiger partial charge < -0.3 is 4.98 Å². The van der Waals surface area contributed by atoms with Crippen LogP contribution in [0.5, 0.6) is 0 Å². The minimum absolute atomic E-state index is 0.281. The molecule has 3 heterocycles. The quantitative estimate of drug-likeness (QED) is 0.776. The van der Waals surface area contributed by atoms with Gasteiger partial charge in [-0.15, -0.1) is 0 Å². The summed E-state index contributed by atoms with van der Waals surface area (Å²) in [6, 6.07) is 2.13. The Morgan fingerprint density at radius 2 is 2.20 bits per heavy atom. The number of hydrogen-bond acceptors (Lipinski definition) is 5. The van der Waals surface area contributed by atoms with Gasteiger partial charge in [-0.3, -0.25) is 0 Å². The number of aromatic nitrogens is 6. The normalized spacial score (nSPS) is 14.6. The molecule has 1 aliphatic carbocycles. The molecule has 0 radical (unpaired) electrons. The SMILES string of the molecule is N#Cc1c(C2CC2)nn(-c2ncnc3nc[nH]c23)c1Cl. The topological polar surface area (TPSA) is 96.1 Å². The summed E-state index contributed by atoms with van der Waals surface area (Å²) >= 11 is 6.29. The van der Waals surface area contributed by atoms with Crippen LogP contribution in [0.4, 0.5) is 0 Å². The zero-order valence-corrected chi connectivity index (χ0v) is 11.0. The standard InChI is InChI=1S/C12H8ClN7/c13-10-7(3-14)8(6-1-2-6)19-20(10)12-9-11(16-4-15-9)17-5-18-12/h4-6H,1-2H2,(H,15,16,17,18). The Bertz CT molecular complexity index is 852. The molecule has 3 aromatic heterocycles. The first-order chi connectivity index (χ1) is 9.79. The summed E-state index contributed by atoms with van der Waals surface area (Å²) in [7, 11) is 0. The summed E-state index contributed by atoms with van der Waals surface area (Å²) in [4.78, 5) is 15.3. The lowest BCUT2D eigenvalue weighted by Gasteiger charge is -2.01. The highest BCUT2D eigenvalue weighted by molar-refractivity contribution is 6.31. The van der Waals surface area contributed by atoms with Crippen LogP contribution in [0.25, 0.3) is 17.0 Å². The first kappa shape index (κ1) is 11.4. The maximum atomic E-state index is 9.27. The number of aromatic amines is 1. The van der Waals surface area contributed by atoms with Crippen molar-refractivity contribution in [3.05, 3.63) is 29.1 Å². The molecule has 1 aliphatic rings. The van der Waals surface area contributed by atoms with Crippen molar-refractivity contribution in [2.75, 3.05) is 0 Å². The minimum atomic E-state index is 0.281. The minimum Gasteiger partial charge on any atom is -0.340 e. The number of imidazole rings is 1. The highest BCUT2D eigenvalue weighted by Gasteiger charge is 2.32. The van der Waals surface area contributed by atoms with Crippen molar-refractivity contribution in [3.63, 3.8) is 0 Å². The molecule has 0 amide bonds. The number of H-pyrrole nitrogens is 1. The maximum Gasteiger partial charge on any atom is 0.184 e. The summed E-state index contributed by atoms with van der Waals surface area (Å²) in [5, 5.41) is 14.0. The van der Waals surface area contributed by atoms with Gasteiger partial charge in [-0.1, -0.05) is 11.6 Å². The van der Waals surface area contributed by atoms with E-state index in [1.807, 2.05) is 0 Å². The molecule has 0 unspecified atom stereocenters. The third kappa shape index (κ3) is 1.52. The maximum absolute atomic E-state index is 9.27. The van der Waals surface area contributed by atoms with E-state index in [1.165, 1.54) is 17.3 Å². The molecule has 0 bridgehead atoms. The summed E-state index contributed by atoms with van der Waals surface area (Å²) < 4.78 is 1.48. The van der Waals surface area contributed by atoms with Crippen molar-refractivity contribution < 1.29 is 0 Å². The van der Waals surface area contributed by atoms with E-state index in [0.717, 1.165) is 18.5 Å². The van der Waals surface area contributed by atoms with E-state index in [1.54, 1.807) is 0 Å². The summed E-state index contributed by atoms with van der Waals surface area (Å²) in [6.07, 6.45) is 5.03. The van der Waals surface area contributed by atoms with Gasteiger partial charge in [0.25, 0.3) is 0 Å². The summed E-state index contributed by atoms with van der Waals surface area (Å²) in [6.45, 7) is 0. The number of rotatable bonds is 2. The Balaban J connectivity index is 1.99. The molecule has 20 heavy (non-hydrogen) atoms. The van der Waals surface area contributed by atoms with E-state index in [-0.39, 0.29) is 5.15 Å². The monoisotopic (exact) mass is 285 g/mol. The average molecular weight is 286 g/mol. The van der Waals surface area contributed by atoms with Crippen molar-refractivity contribution >= 4 is 22.8 Å². The molecule has 1 fully saturated rings. The zero-order valence-electron chi connectivity index (χ0n) is 10.2. The number of nitrogens with one attached hydrogen (secondary N) is 1. The van der Waals surface area contributed by atoms with E-state index < -0.39 is 0 Å². The molecule has 8 heteroatoms. The fourth-order valence-corrected chi connectivity index (χ4v) is 2.47.